The van der Waals surface area contributed by atoms with Crippen LogP contribution >= 0.6 is 11.3 Å². The fourth-order valence-electron chi connectivity index (χ4n) is 3.37. The smallest absolute Gasteiger partial charge is 0.138 e. The summed E-state index contributed by atoms with van der Waals surface area (Å²) < 4.78 is 0. The van der Waals surface area contributed by atoms with Crippen LogP contribution in [0.25, 0.3) is 10.2 Å². The first-order valence-corrected chi connectivity index (χ1v) is 9.37. The highest BCUT2D eigenvalue weighted by Gasteiger charge is 2.22. The van der Waals surface area contributed by atoms with Gasteiger partial charge in [0.15, 0.2) is 0 Å². The van der Waals surface area contributed by atoms with Crippen molar-refractivity contribution in [1.82, 2.24) is 9.97 Å². The molecule has 1 aliphatic carbocycles. The van der Waals surface area contributed by atoms with Crippen molar-refractivity contribution in [2.24, 2.45) is 5.92 Å². The van der Waals surface area contributed by atoms with E-state index in [0.717, 1.165) is 29.7 Å². The molecule has 5 heteroatoms. The first-order chi connectivity index (χ1) is 10.7. The van der Waals surface area contributed by atoms with Crippen molar-refractivity contribution in [3.05, 3.63) is 16.8 Å². The second-order valence-corrected chi connectivity index (χ2v) is 7.47. The van der Waals surface area contributed by atoms with Crippen LogP contribution in [0, 0.1) is 5.92 Å². The Morgan fingerprint density at radius 3 is 2.91 bits per heavy atom. The maximum atomic E-state index is 4.53. The standard InChI is InChI=1S/C17H26N4S/c1-4-21(5-2)9-8-18-16-15-13-7-6-12(3)10-14(13)22-17(15)20-11-19-16/h11-12H,4-10H2,1-3H3,(H,18,19,20)/p+1/t12-/m0/s1. The molecule has 0 radical (unpaired) electrons. The van der Waals surface area contributed by atoms with Crippen molar-refractivity contribution in [1.29, 1.82) is 0 Å². The van der Waals surface area contributed by atoms with Gasteiger partial charge in [0, 0.05) is 4.88 Å². The number of hydrogen-bond donors (Lipinski definition) is 2. The molecule has 3 rings (SSSR count). The van der Waals surface area contributed by atoms with Crippen molar-refractivity contribution >= 4 is 27.4 Å². The second-order valence-electron chi connectivity index (χ2n) is 6.39. The number of thiophene rings is 1. The van der Waals surface area contributed by atoms with E-state index in [9.17, 15) is 0 Å². The Hall–Kier alpha value is -1.20. The molecule has 0 fully saturated rings. The average Bonchev–Trinajstić information content (AvgIpc) is 2.89. The molecule has 0 saturated carbocycles. The summed E-state index contributed by atoms with van der Waals surface area (Å²) in [5.74, 6) is 1.85. The minimum atomic E-state index is 0.802. The summed E-state index contributed by atoms with van der Waals surface area (Å²) in [7, 11) is 0. The lowest BCUT2D eigenvalue weighted by atomic mass is 9.89. The van der Waals surface area contributed by atoms with Gasteiger partial charge in [-0.25, -0.2) is 9.97 Å². The van der Waals surface area contributed by atoms with E-state index in [-0.39, 0.29) is 0 Å². The van der Waals surface area contributed by atoms with Crippen molar-refractivity contribution in [3.63, 3.8) is 0 Å². The van der Waals surface area contributed by atoms with E-state index in [1.54, 1.807) is 11.2 Å². The Morgan fingerprint density at radius 1 is 1.32 bits per heavy atom. The number of fused-ring (bicyclic) bond motifs is 3. The largest absolute Gasteiger partial charge is 0.364 e. The number of hydrogen-bond acceptors (Lipinski definition) is 4. The topological polar surface area (TPSA) is 42.2 Å². The number of aromatic nitrogens is 2. The van der Waals surface area contributed by atoms with Gasteiger partial charge < -0.3 is 10.2 Å². The summed E-state index contributed by atoms with van der Waals surface area (Å²) in [5, 5.41) is 4.86. The molecular weight excluding hydrogens is 292 g/mol. The van der Waals surface area contributed by atoms with Crippen molar-refractivity contribution in [2.45, 2.75) is 40.0 Å². The zero-order valence-corrected chi connectivity index (χ0v) is 14.7. The molecule has 0 spiro atoms. The molecule has 2 heterocycles. The molecule has 0 saturated heterocycles. The molecule has 2 aromatic rings. The van der Waals surface area contributed by atoms with Crippen molar-refractivity contribution in [3.8, 4) is 0 Å². The van der Waals surface area contributed by atoms with E-state index in [1.165, 1.54) is 48.2 Å². The summed E-state index contributed by atoms with van der Waals surface area (Å²) in [4.78, 5) is 13.4. The van der Waals surface area contributed by atoms with Gasteiger partial charge in [0.2, 0.25) is 0 Å². The quantitative estimate of drug-likeness (QED) is 0.857. The maximum Gasteiger partial charge on any atom is 0.138 e. The Labute approximate surface area is 137 Å². The van der Waals surface area contributed by atoms with Crippen LogP contribution in [-0.4, -0.2) is 36.1 Å². The Balaban J connectivity index is 1.81. The van der Waals surface area contributed by atoms with E-state index >= 15 is 0 Å². The minimum Gasteiger partial charge on any atom is -0.364 e. The first kappa shape index (κ1) is 15.7. The zero-order chi connectivity index (χ0) is 15.5. The van der Waals surface area contributed by atoms with Gasteiger partial charge in [0.1, 0.15) is 17.0 Å². The Bertz CT molecular complexity index is 633. The molecule has 0 unspecified atom stereocenters. The number of nitrogens with one attached hydrogen (secondary N) is 2. The molecule has 1 aliphatic rings. The first-order valence-electron chi connectivity index (χ1n) is 8.55. The number of quaternary nitrogens is 1. The summed E-state index contributed by atoms with van der Waals surface area (Å²) in [5.41, 5.74) is 1.51. The number of aryl methyl sites for hydroxylation is 1. The molecule has 120 valence electrons. The summed E-state index contributed by atoms with van der Waals surface area (Å²) in [6.45, 7) is 11.3. The third-order valence-electron chi connectivity index (χ3n) is 4.86. The monoisotopic (exact) mass is 319 g/mol. The third-order valence-corrected chi connectivity index (χ3v) is 6.03. The van der Waals surface area contributed by atoms with Crippen molar-refractivity contribution in [2.75, 3.05) is 31.5 Å². The van der Waals surface area contributed by atoms with Gasteiger partial charge in [-0.1, -0.05) is 6.92 Å². The lowest BCUT2D eigenvalue weighted by Crippen LogP contribution is -3.12. The van der Waals surface area contributed by atoms with E-state index in [0.29, 0.717) is 0 Å². The molecule has 0 amide bonds. The summed E-state index contributed by atoms with van der Waals surface area (Å²) in [6.07, 6.45) is 5.39. The maximum absolute atomic E-state index is 4.53. The van der Waals surface area contributed by atoms with Gasteiger partial charge >= 0.3 is 0 Å². The average molecular weight is 319 g/mol. The third kappa shape index (κ3) is 3.10. The molecule has 0 bridgehead atoms. The summed E-state index contributed by atoms with van der Waals surface area (Å²) >= 11 is 1.87. The van der Waals surface area contributed by atoms with Crippen LogP contribution in [-0.2, 0) is 12.8 Å². The molecule has 2 N–H and O–H groups in total. The van der Waals surface area contributed by atoms with Gasteiger partial charge in [-0.2, -0.15) is 0 Å². The van der Waals surface area contributed by atoms with Crippen LogP contribution in [0.1, 0.15) is 37.6 Å². The Morgan fingerprint density at radius 2 is 2.14 bits per heavy atom. The lowest BCUT2D eigenvalue weighted by molar-refractivity contribution is -0.894. The molecule has 0 aromatic carbocycles. The molecule has 1 atom stereocenters. The normalized spacial score (nSPS) is 17.9. The SMILES string of the molecule is CC[NH+](CC)CCNc1ncnc2sc3c(c12)CC[C@H](C)C3. The zero-order valence-electron chi connectivity index (χ0n) is 13.9. The molecule has 2 aromatic heterocycles. The van der Waals surface area contributed by atoms with Gasteiger partial charge in [0.05, 0.1) is 31.6 Å². The highest BCUT2D eigenvalue weighted by molar-refractivity contribution is 7.19. The van der Waals surface area contributed by atoms with Gasteiger partial charge in [0.25, 0.3) is 0 Å². The molecule has 0 aliphatic heterocycles. The van der Waals surface area contributed by atoms with Crippen LogP contribution in [0.5, 0.6) is 0 Å². The molecular formula is C17H27N4S+. The van der Waals surface area contributed by atoms with Crippen molar-refractivity contribution < 1.29 is 4.90 Å². The van der Waals surface area contributed by atoms with E-state index < -0.39 is 0 Å². The molecule has 4 nitrogen and oxygen atoms in total. The van der Waals surface area contributed by atoms with Gasteiger partial charge in [-0.15, -0.1) is 11.3 Å². The predicted molar refractivity (Wildman–Crippen MR) is 94.0 cm³/mol. The van der Waals surface area contributed by atoms with E-state index in [1.807, 2.05) is 11.3 Å². The lowest BCUT2D eigenvalue weighted by Gasteiger charge is -2.19. The van der Waals surface area contributed by atoms with E-state index in [2.05, 4.69) is 36.1 Å². The minimum absolute atomic E-state index is 0.802. The number of anilines is 1. The van der Waals surface area contributed by atoms with Gasteiger partial charge in [-0.3, -0.25) is 0 Å². The second kappa shape index (κ2) is 6.92. The van der Waals surface area contributed by atoms with E-state index in [4.69, 9.17) is 0 Å². The van der Waals surface area contributed by atoms with Crippen LogP contribution in [0.15, 0.2) is 6.33 Å². The highest BCUT2D eigenvalue weighted by atomic mass is 32.1. The molecule has 22 heavy (non-hydrogen) atoms. The van der Waals surface area contributed by atoms with Crippen LogP contribution < -0.4 is 10.2 Å². The highest BCUT2D eigenvalue weighted by Crippen LogP contribution is 2.39. The predicted octanol–water partition coefficient (Wildman–Crippen LogP) is 2.15. The van der Waals surface area contributed by atoms with Crippen LogP contribution in [0.2, 0.25) is 0 Å². The number of likely N-dealkylation sites (N-methyl/N-ethyl adjacent to an activating group) is 1. The number of nitrogens with zero attached hydrogens (tertiary/aromatic N) is 2. The Kier molecular flexibility index (Phi) is 4.93. The van der Waals surface area contributed by atoms with Crippen LogP contribution in [0.3, 0.4) is 0 Å². The summed E-state index contributed by atoms with van der Waals surface area (Å²) in [6, 6.07) is 0. The van der Waals surface area contributed by atoms with Gasteiger partial charge in [-0.05, 0) is 44.6 Å². The number of rotatable bonds is 6. The fourth-order valence-corrected chi connectivity index (χ4v) is 4.72. The fraction of sp³-hybridized carbons (Fsp3) is 0.647. The van der Waals surface area contributed by atoms with Crippen LogP contribution in [0.4, 0.5) is 5.82 Å².